The van der Waals surface area contributed by atoms with Crippen molar-refractivity contribution in [1.82, 2.24) is 4.57 Å². The molecule has 2 nitrogen and oxygen atoms in total. The number of hydrogen-bond acceptors (Lipinski definition) is 1. The van der Waals surface area contributed by atoms with Gasteiger partial charge in [-0.1, -0.05) is 179 Å². The zero-order valence-electron chi connectivity index (χ0n) is 35.5. The lowest BCUT2D eigenvalue weighted by molar-refractivity contribution is 0.660. The highest BCUT2D eigenvalue weighted by Crippen LogP contribution is 2.57. The van der Waals surface area contributed by atoms with Gasteiger partial charge < -0.3 is 9.47 Å². The molecule has 0 fully saturated rings. The summed E-state index contributed by atoms with van der Waals surface area (Å²) >= 11 is 0. The van der Waals surface area contributed by atoms with Gasteiger partial charge in [0.2, 0.25) is 0 Å². The number of anilines is 3. The maximum absolute atomic E-state index is 2.53. The molecule has 0 radical (unpaired) electrons. The Hall–Kier alpha value is -7.42. The summed E-state index contributed by atoms with van der Waals surface area (Å²) in [6, 6.07) is 76.5. The molecule has 9 aromatic carbocycles. The first-order chi connectivity index (χ1) is 30.3. The second-order valence-electron chi connectivity index (χ2n) is 18.1. The SMILES string of the molecule is CC1(C)c2ccccc2-c2c(-c3ccccc3N(c3ccc(-c4ccc5c(c4)c4ccccc4n5-c4ccccc4)cc3)c3cccc4c3-c3ccccc3C4(C)C)cccc21. The van der Waals surface area contributed by atoms with Crippen LogP contribution in [0.2, 0.25) is 0 Å². The molecule has 2 heteroatoms. The third-order valence-electron chi connectivity index (χ3n) is 14.0. The lowest BCUT2D eigenvalue weighted by Gasteiger charge is -2.31. The van der Waals surface area contributed by atoms with Crippen LogP contribution in [0, 0.1) is 0 Å². The van der Waals surface area contributed by atoms with Crippen molar-refractivity contribution in [2.24, 2.45) is 0 Å². The highest BCUT2D eigenvalue weighted by atomic mass is 15.1. The van der Waals surface area contributed by atoms with Gasteiger partial charge in [-0.2, -0.15) is 0 Å². The van der Waals surface area contributed by atoms with E-state index < -0.39 is 0 Å². The van der Waals surface area contributed by atoms with E-state index in [1.807, 2.05) is 0 Å². The Morgan fingerprint density at radius 3 is 1.61 bits per heavy atom. The molecule has 10 aromatic rings. The predicted octanol–water partition coefficient (Wildman–Crippen LogP) is 16.2. The number of rotatable bonds is 6. The minimum atomic E-state index is -0.130. The number of fused-ring (bicyclic) bond motifs is 9. The Kier molecular flexibility index (Phi) is 7.96. The van der Waals surface area contributed by atoms with Crippen LogP contribution in [-0.4, -0.2) is 4.57 Å². The Morgan fingerprint density at radius 1 is 0.355 bits per heavy atom. The second-order valence-corrected chi connectivity index (χ2v) is 18.1. The molecular formula is C60H46N2. The van der Waals surface area contributed by atoms with Crippen molar-refractivity contribution in [1.29, 1.82) is 0 Å². The largest absolute Gasteiger partial charge is 0.309 e. The quantitative estimate of drug-likeness (QED) is 0.163. The lowest BCUT2D eigenvalue weighted by atomic mass is 9.82. The van der Waals surface area contributed by atoms with Crippen molar-refractivity contribution >= 4 is 38.9 Å². The molecule has 0 amide bonds. The van der Waals surface area contributed by atoms with Crippen LogP contribution in [0.4, 0.5) is 17.1 Å². The fourth-order valence-electron chi connectivity index (χ4n) is 11.0. The molecule has 0 bridgehead atoms. The molecule has 1 heterocycles. The van der Waals surface area contributed by atoms with E-state index in [1.54, 1.807) is 0 Å². The van der Waals surface area contributed by atoms with E-state index in [4.69, 9.17) is 0 Å². The van der Waals surface area contributed by atoms with Gasteiger partial charge in [-0.3, -0.25) is 0 Å². The minimum absolute atomic E-state index is 0.0958. The van der Waals surface area contributed by atoms with Crippen molar-refractivity contribution < 1.29 is 0 Å². The number of hydrogen-bond donors (Lipinski definition) is 0. The maximum Gasteiger partial charge on any atom is 0.0543 e. The molecule has 0 saturated heterocycles. The number of para-hydroxylation sites is 3. The number of aromatic nitrogens is 1. The van der Waals surface area contributed by atoms with Crippen molar-refractivity contribution in [2.75, 3.05) is 4.90 Å². The molecule has 2 aliphatic rings. The summed E-state index contributed by atoms with van der Waals surface area (Å²) in [4.78, 5) is 2.53. The van der Waals surface area contributed by atoms with E-state index in [-0.39, 0.29) is 10.8 Å². The average Bonchev–Trinajstić information content (AvgIpc) is 3.87. The van der Waals surface area contributed by atoms with Gasteiger partial charge in [0.15, 0.2) is 0 Å². The Balaban J connectivity index is 1.05. The molecule has 2 aliphatic carbocycles. The summed E-state index contributed by atoms with van der Waals surface area (Å²) in [6.07, 6.45) is 0. The highest BCUT2D eigenvalue weighted by molar-refractivity contribution is 6.10. The van der Waals surface area contributed by atoms with E-state index in [0.717, 1.165) is 11.4 Å². The Labute approximate surface area is 364 Å². The zero-order valence-corrected chi connectivity index (χ0v) is 35.5. The van der Waals surface area contributed by atoms with Crippen molar-refractivity contribution in [2.45, 2.75) is 38.5 Å². The van der Waals surface area contributed by atoms with E-state index in [2.05, 4.69) is 243 Å². The van der Waals surface area contributed by atoms with Crippen LogP contribution in [-0.2, 0) is 10.8 Å². The van der Waals surface area contributed by atoms with E-state index in [1.165, 1.54) is 99.9 Å². The molecule has 0 atom stereocenters. The van der Waals surface area contributed by atoms with Crippen LogP contribution in [0.3, 0.4) is 0 Å². The molecule has 0 aliphatic heterocycles. The fourth-order valence-corrected chi connectivity index (χ4v) is 11.0. The van der Waals surface area contributed by atoms with Crippen LogP contribution in [0.1, 0.15) is 49.9 Å². The summed E-state index contributed by atoms with van der Waals surface area (Å²) in [5.74, 6) is 0. The van der Waals surface area contributed by atoms with Gasteiger partial charge in [0.05, 0.1) is 22.4 Å². The van der Waals surface area contributed by atoms with E-state index >= 15 is 0 Å². The first-order valence-corrected chi connectivity index (χ1v) is 21.9. The van der Waals surface area contributed by atoms with Crippen LogP contribution in [0.5, 0.6) is 0 Å². The second kappa shape index (κ2) is 13.5. The number of benzene rings is 9. The standard InChI is InChI=1S/C60H46N2/c1-59(2)49-25-12-8-22-46(49)57-45(24-16-27-51(57)59)43-20-10-14-29-53(43)62(56-31-17-28-52-58(56)47-23-9-13-26-50(47)60(52,3)4)42-35-32-39(33-36-42)40-34-37-55-48(38-40)44-21-11-15-30-54(44)61(55)41-18-6-5-7-19-41/h5-38H,1-4H3. The zero-order chi connectivity index (χ0) is 41.7. The summed E-state index contributed by atoms with van der Waals surface area (Å²) in [5, 5.41) is 2.51. The highest BCUT2D eigenvalue weighted by Gasteiger charge is 2.39. The van der Waals surface area contributed by atoms with Crippen molar-refractivity contribution in [3.05, 3.63) is 229 Å². The molecule has 62 heavy (non-hydrogen) atoms. The third-order valence-corrected chi connectivity index (χ3v) is 14.0. The summed E-state index contributed by atoms with van der Waals surface area (Å²) in [6.45, 7) is 9.48. The summed E-state index contributed by atoms with van der Waals surface area (Å²) in [7, 11) is 0. The molecule has 12 rings (SSSR count). The summed E-state index contributed by atoms with van der Waals surface area (Å²) in [5.41, 5.74) is 22.4. The first kappa shape index (κ1) is 36.4. The average molecular weight is 795 g/mol. The van der Waals surface area contributed by atoms with Gasteiger partial charge in [0.1, 0.15) is 0 Å². The third kappa shape index (κ3) is 5.23. The van der Waals surface area contributed by atoms with E-state index in [9.17, 15) is 0 Å². The van der Waals surface area contributed by atoms with Crippen LogP contribution in [0.15, 0.2) is 206 Å². The normalized spacial score (nSPS) is 14.1. The van der Waals surface area contributed by atoms with Crippen LogP contribution < -0.4 is 4.90 Å². The van der Waals surface area contributed by atoms with Crippen LogP contribution in [0.25, 0.3) is 72.0 Å². The van der Waals surface area contributed by atoms with E-state index in [0.29, 0.717) is 0 Å². The topological polar surface area (TPSA) is 8.17 Å². The van der Waals surface area contributed by atoms with Gasteiger partial charge in [0, 0.05) is 44.1 Å². The number of nitrogens with zero attached hydrogens (tertiary/aromatic N) is 2. The first-order valence-electron chi connectivity index (χ1n) is 21.9. The molecular weight excluding hydrogens is 749 g/mol. The van der Waals surface area contributed by atoms with Gasteiger partial charge in [0.25, 0.3) is 0 Å². The predicted molar refractivity (Wildman–Crippen MR) is 261 cm³/mol. The molecule has 0 spiro atoms. The van der Waals surface area contributed by atoms with Crippen molar-refractivity contribution in [3.8, 4) is 50.2 Å². The molecule has 0 saturated carbocycles. The maximum atomic E-state index is 2.53. The van der Waals surface area contributed by atoms with Crippen LogP contribution >= 0.6 is 0 Å². The van der Waals surface area contributed by atoms with Gasteiger partial charge in [-0.05, 0) is 110 Å². The van der Waals surface area contributed by atoms with Gasteiger partial charge in [-0.15, -0.1) is 0 Å². The smallest absolute Gasteiger partial charge is 0.0543 e. The Bertz CT molecular complexity index is 3400. The van der Waals surface area contributed by atoms with Gasteiger partial charge >= 0.3 is 0 Å². The molecule has 296 valence electrons. The molecule has 1 aromatic heterocycles. The minimum Gasteiger partial charge on any atom is -0.309 e. The van der Waals surface area contributed by atoms with Gasteiger partial charge in [-0.25, -0.2) is 0 Å². The summed E-state index contributed by atoms with van der Waals surface area (Å²) < 4.78 is 2.38. The Morgan fingerprint density at radius 2 is 0.871 bits per heavy atom. The lowest BCUT2D eigenvalue weighted by Crippen LogP contribution is -2.16. The van der Waals surface area contributed by atoms with Crippen molar-refractivity contribution in [3.63, 3.8) is 0 Å². The monoisotopic (exact) mass is 794 g/mol. The molecule has 0 N–H and O–H groups in total. The molecule has 0 unspecified atom stereocenters. The fraction of sp³-hybridized carbons (Fsp3) is 0.100.